The molecule has 0 aromatic heterocycles. The molecule has 2 aromatic rings. The summed E-state index contributed by atoms with van der Waals surface area (Å²) in [6.07, 6.45) is 0. The number of hydrogen-bond donors (Lipinski definition) is 4. The first-order valence-electron chi connectivity index (χ1n) is 6.96. The lowest BCUT2D eigenvalue weighted by Crippen LogP contribution is -2.24. The number of carbonyl (C=O) groups excluding carboxylic acids is 1. The van der Waals surface area contributed by atoms with Crippen LogP contribution in [0, 0.1) is 0 Å². The second kappa shape index (κ2) is 8.86. The largest absolute Gasteiger partial charge is 0.380 e. The van der Waals surface area contributed by atoms with Gasteiger partial charge in [0.2, 0.25) is 10.0 Å². The van der Waals surface area contributed by atoms with Crippen molar-refractivity contribution in [3.05, 3.63) is 58.6 Å². The first-order chi connectivity index (χ1) is 11.7. The van der Waals surface area contributed by atoms with Crippen LogP contribution in [0.4, 0.5) is 5.69 Å². The van der Waals surface area contributed by atoms with Crippen molar-refractivity contribution < 1.29 is 13.2 Å². The SMILES string of the molecule is Cl.NC(N)=NC(=O)c1cc(S(N)(=O)=O)ccc1NCc1ccccc1Cl. The summed E-state index contributed by atoms with van der Waals surface area (Å²) >= 11 is 6.09. The zero-order valence-corrected chi connectivity index (χ0v) is 15.7. The van der Waals surface area contributed by atoms with Gasteiger partial charge in [-0.15, -0.1) is 12.4 Å². The summed E-state index contributed by atoms with van der Waals surface area (Å²) in [5.41, 5.74) is 11.5. The summed E-state index contributed by atoms with van der Waals surface area (Å²) in [4.78, 5) is 15.4. The molecule has 0 fully saturated rings. The van der Waals surface area contributed by atoms with Crippen molar-refractivity contribution in [3.8, 4) is 0 Å². The van der Waals surface area contributed by atoms with Crippen LogP contribution in [0.25, 0.3) is 0 Å². The smallest absolute Gasteiger partial charge is 0.282 e. The number of aliphatic imine (C=N–C) groups is 1. The van der Waals surface area contributed by atoms with Crippen LogP contribution in [0.2, 0.25) is 5.02 Å². The molecule has 0 saturated carbocycles. The number of carbonyl (C=O) groups is 1. The van der Waals surface area contributed by atoms with Gasteiger partial charge in [0.1, 0.15) is 0 Å². The summed E-state index contributed by atoms with van der Waals surface area (Å²) in [6, 6.07) is 10.9. The van der Waals surface area contributed by atoms with Crippen molar-refractivity contribution in [2.75, 3.05) is 5.32 Å². The molecule has 0 aliphatic heterocycles. The Kier molecular flexibility index (Phi) is 7.40. The van der Waals surface area contributed by atoms with Crippen LogP contribution >= 0.6 is 24.0 Å². The fraction of sp³-hybridized carbons (Fsp3) is 0.0667. The van der Waals surface area contributed by atoms with Gasteiger partial charge in [-0.1, -0.05) is 29.8 Å². The molecule has 0 bridgehead atoms. The number of nitrogens with two attached hydrogens (primary N) is 3. The first kappa shape index (κ1) is 21.7. The van der Waals surface area contributed by atoms with Gasteiger partial charge in [-0.3, -0.25) is 4.79 Å². The monoisotopic (exact) mass is 417 g/mol. The molecule has 11 heteroatoms. The van der Waals surface area contributed by atoms with Crippen LogP contribution in [0.3, 0.4) is 0 Å². The molecule has 26 heavy (non-hydrogen) atoms. The van der Waals surface area contributed by atoms with E-state index in [4.69, 9.17) is 28.2 Å². The quantitative estimate of drug-likeness (QED) is 0.426. The van der Waals surface area contributed by atoms with E-state index in [2.05, 4.69) is 10.3 Å². The molecular weight excluding hydrogens is 401 g/mol. The molecule has 0 unspecified atom stereocenters. The predicted molar refractivity (Wildman–Crippen MR) is 104 cm³/mol. The number of sulfonamides is 1. The van der Waals surface area contributed by atoms with Crippen LogP contribution in [0.15, 0.2) is 52.4 Å². The molecule has 0 aliphatic carbocycles. The second-order valence-electron chi connectivity index (χ2n) is 5.04. The molecule has 0 saturated heterocycles. The lowest BCUT2D eigenvalue weighted by atomic mass is 10.1. The standard InChI is InChI=1S/C15H16ClN5O3S.ClH/c16-12-4-2-1-3-9(12)8-20-13-6-5-10(25(19,23)24)7-11(13)14(22)21-15(17)18;/h1-7,20H,8H2,(H2,19,23,24)(H4,17,18,21,22);1H. The van der Waals surface area contributed by atoms with Crippen LogP contribution < -0.4 is 21.9 Å². The number of rotatable bonds is 5. The Hall–Kier alpha value is -2.33. The average Bonchev–Trinajstić information content (AvgIpc) is 2.52. The number of anilines is 1. The van der Waals surface area contributed by atoms with Crippen molar-refractivity contribution in [1.82, 2.24) is 0 Å². The van der Waals surface area contributed by atoms with Crippen LogP contribution in [-0.4, -0.2) is 20.3 Å². The third kappa shape index (κ3) is 5.60. The van der Waals surface area contributed by atoms with Crippen LogP contribution in [0.5, 0.6) is 0 Å². The van der Waals surface area contributed by atoms with Gasteiger partial charge in [-0.25, -0.2) is 13.6 Å². The Morgan fingerprint density at radius 2 is 1.81 bits per heavy atom. The maximum Gasteiger partial charge on any atom is 0.282 e. The lowest BCUT2D eigenvalue weighted by Gasteiger charge is -2.12. The Bertz CT molecular complexity index is 944. The summed E-state index contributed by atoms with van der Waals surface area (Å²) in [7, 11) is -3.99. The molecule has 8 nitrogen and oxygen atoms in total. The zero-order chi connectivity index (χ0) is 18.6. The molecule has 140 valence electrons. The van der Waals surface area contributed by atoms with Gasteiger partial charge in [-0.2, -0.15) is 4.99 Å². The van der Waals surface area contributed by atoms with E-state index in [1.54, 1.807) is 12.1 Å². The van der Waals surface area contributed by atoms with Gasteiger partial charge in [0.25, 0.3) is 5.91 Å². The van der Waals surface area contributed by atoms with Gasteiger partial charge < -0.3 is 16.8 Å². The van der Waals surface area contributed by atoms with E-state index < -0.39 is 21.9 Å². The van der Waals surface area contributed by atoms with Gasteiger partial charge >= 0.3 is 0 Å². The topological polar surface area (TPSA) is 154 Å². The van der Waals surface area contributed by atoms with Crippen LogP contribution in [0.1, 0.15) is 15.9 Å². The first-order valence-corrected chi connectivity index (χ1v) is 8.89. The van der Waals surface area contributed by atoms with Crippen molar-refractivity contribution in [3.63, 3.8) is 0 Å². The molecular formula is C15H17Cl2N5O3S. The molecule has 2 rings (SSSR count). The number of nitrogens with zero attached hydrogens (tertiary/aromatic N) is 1. The van der Waals surface area contributed by atoms with Gasteiger partial charge in [0.05, 0.1) is 10.5 Å². The molecule has 0 spiro atoms. The molecule has 0 atom stereocenters. The van der Waals surface area contributed by atoms with E-state index in [0.717, 1.165) is 11.6 Å². The van der Waals surface area contributed by atoms with Crippen molar-refractivity contribution in [2.45, 2.75) is 11.4 Å². The summed E-state index contributed by atoms with van der Waals surface area (Å²) in [5.74, 6) is -1.24. The Labute approximate surface area is 161 Å². The molecule has 7 N–H and O–H groups in total. The van der Waals surface area contributed by atoms with E-state index in [9.17, 15) is 13.2 Å². The van der Waals surface area contributed by atoms with Crippen LogP contribution in [-0.2, 0) is 16.6 Å². The average molecular weight is 418 g/mol. The highest BCUT2D eigenvalue weighted by molar-refractivity contribution is 7.89. The highest BCUT2D eigenvalue weighted by Gasteiger charge is 2.17. The van der Waals surface area contributed by atoms with Gasteiger partial charge in [0.15, 0.2) is 5.96 Å². The molecule has 2 aromatic carbocycles. The number of benzene rings is 2. The number of primary sulfonamides is 1. The number of amides is 1. The van der Waals surface area contributed by atoms with Gasteiger partial charge in [-0.05, 0) is 29.8 Å². The maximum atomic E-state index is 12.2. The fourth-order valence-electron chi connectivity index (χ4n) is 2.04. The minimum Gasteiger partial charge on any atom is -0.380 e. The Morgan fingerprint density at radius 3 is 2.38 bits per heavy atom. The molecule has 1 amide bonds. The number of guanidine groups is 1. The van der Waals surface area contributed by atoms with E-state index in [1.165, 1.54) is 12.1 Å². The minimum absolute atomic E-state index is 0. The normalized spacial score (nSPS) is 10.5. The fourth-order valence-corrected chi connectivity index (χ4v) is 2.78. The van der Waals surface area contributed by atoms with E-state index in [-0.39, 0.29) is 22.9 Å². The number of nitrogens with one attached hydrogen (secondary N) is 1. The van der Waals surface area contributed by atoms with Crippen molar-refractivity contribution in [2.24, 2.45) is 21.6 Å². The minimum atomic E-state index is -3.99. The Morgan fingerprint density at radius 1 is 1.15 bits per heavy atom. The summed E-state index contributed by atoms with van der Waals surface area (Å²) in [6.45, 7) is 0.302. The third-order valence-corrected chi connectivity index (χ3v) is 4.49. The molecule has 0 heterocycles. The Balaban J connectivity index is 0.00000338. The molecule has 0 aliphatic rings. The lowest BCUT2D eigenvalue weighted by molar-refractivity contribution is 0.100. The van der Waals surface area contributed by atoms with E-state index in [1.807, 2.05) is 12.1 Å². The maximum absolute atomic E-state index is 12.2. The third-order valence-electron chi connectivity index (χ3n) is 3.21. The predicted octanol–water partition coefficient (Wildman–Crippen LogP) is 1.43. The number of hydrogen-bond acceptors (Lipinski definition) is 4. The van der Waals surface area contributed by atoms with Crippen molar-refractivity contribution >= 4 is 51.6 Å². The summed E-state index contributed by atoms with van der Waals surface area (Å²) < 4.78 is 23.0. The van der Waals surface area contributed by atoms with E-state index >= 15 is 0 Å². The van der Waals surface area contributed by atoms with Crippen molar-refractivity contribution in [1.29, 1.82) is 0 Å². The molecule has 0 radical (unpaired) electrons. The highest BCUT2D eigenvalue weighted by Crippen LogP contribution is 2.23. The van der Waals surface area contributed by atoms with Gasteiger partial charge in [0, 0.05) is 17.3 Å². The summed E-state index contributed by atoms with van der Waals surface area (Å²) in [5, 5.41) is 8.66. The van der Waals surface area contributed by atoms with E-state index in [0.29, 0.717) is 17.3 Å². The zero-order valence-electron chi connectivity index (χ0n) is 13.3. The second-order valence-corrected chi connectivity index (χ2v) is 7.01. The highest BCUT2D eigenvalue weighted by atomic mass is 35.5. The number of halogens is 2.